The Labute approximate surface area is 126 Å². The van der Waals surface area contributed by atoms with Gasteiger partial charge < -0.3 is 20.1 Å². The fourth-order valence-electron chi connectivity index (χ4n) is 2.26. The van der Waals surface area contributed by atoms with Crippen molar-refractivity contribution in [3.8, 4) is 0 Å². The molecule has 1 saturated carbocycles. The summed E-state index contributed by atoms with van der Waals surface area (Å²) in [5, 5.41) is 5.63. The lowest BCUT2D eigenvalue weighted by molar-refractivity contribution is 0.0476. The molecule has 2 atom stereocenters. The molecular formula is C15H26N2O4. The zero-order chi connectivity index (χ0) is 15.9. The van der Waals surface area contributed by atoms with Crippen molar-refractivity contribution >= 4 is 12.2 Å². The summed E-state index contributed by atoms with van der Waals surface area (Å²) >= 11 is 0. The first-order chi connectivity index (χ1) is 9.81. The molecule has 21 heavy (non-hydrogen) atoms. The Morgan fingerprint density at radius 1 is 1.14 bits per heavy atom. The fraction of sp³-hybridized carbons (Fsp3) is 0.733. The quantitative estimate of drug-likeness (QED) is 0.782. The summed E-state index contributed by atoms with van der Waals surface area (Å²) in [6.07, 6.45) is 4.21. The minimum Gasteiger partial charge on any atom is -0.445 e. The molecule has 1 aliphatic carbocycles. The summed E-state index contributed by atoms with van der Waals surface area (Å²) in [6.45, 7) is 9.10. The molecule has 6 nitrogen and oxygen atoms in total. The van der Waals surface area contributed by atoms with Crippen LogP contribution in [0.3, 0.4) is 0 Å². The molecule has 0 unspecified atom stereocenters. The third kappa shape index (κ3) is 7.02. The first-order valence-corrected chi connectivity index (χ1v) is 7.35. The Balaban J connectivity index is 2.50. The molecule has 0 aromatic heterocycles. The van der Waals surface area contributed by atoms with Crippen molar-refractivity contribution in [1.82, 2.24) is 10.6 Å². The van der Waals surface area contributed by atoms with E-state index >= 15 is 0 Å². The maximum absolute atomic E-state index is 11.8. The average Bonchev–Trinajstić information content (AvgIpc) is 2.36. The van der Waals surface area contributed by atoms with E-state index in [1.165, 1.54) is 6.08 Å². The molecule has 0 saturated heterocycles. The lowest BCUT2D eigenvalue weighted by atomic mass is 9.90. The predicted octanol–water partition coefficient (Wildman–Crippen LogP) is 2.73. The zero-order valence-electron chi connectivity index (χ0n) is 13.1. The van der Waals surface area contributed by atoms with Crippen molar-refractivity contribution in [2.24, 2.45) is 0 Å². The van der Waals surface area contributed by atoms with Gasteiger partial charge in [0.25, 0.3) is 0 Å². The van der Waals surface area contributed by atoms with E-state index in [-0.39, 0.29) is 18.7 Å². The minimum atomic E-state index is -0.537. The molecule has 0 bridgehead atoms. The van der Waals surface area contributed by atoms with Gasteiger partial charge in [-0.3, -0.25) is 0 Å². The lowest BCUT2D eigenvalue weighted by Gasteiger charge is -2.33. The van der Waals surface area contributed by atoms with Crippen LogP contribution in [0, 0.1) is 0 Å². The van der Waals surface area contributed by atoms with Gasteiger partial charge in [0.05, 0.1) is 12.1 Å². The molecule has 0 aromatic carbocycles. The predicted molar refractivity (Wildman–Crippen MR) is 80.1 cm³/mol. The van der Waals surface area contributed by atoms with Gasteiger partial charge in [0.2, 0.25) is 0 Å². The molecule has 1 fully saturated rings. The van der Waals surface area contributed by atoms with Gasteiger partial charge in [-0.05, 0) is 33.6 Å². The van der Waals surface area contributed by atoms with Gasteiger partial charge in [0.1, 0.15) is 12.2 Å². The van der Waals surface area contributed by atoms with Gasteiger partial charge in [0, 0.05) is 0 Å². The van der Waals surface area contributed by atoms with E-state index in [1.54, 1.807) is 0 Å². The highest BCUT2D eigenvalue weighted by molar-refractivity contribution is 5.69. The molecule has 0 aromatic rings. The van der Waals surface area contributed by atoms with Crippen LogP contribution in [-0.4, -0.2) is 36.5 Å². The summed E-state index contributed by atoms with van der Waals surface area (Å²) in [5.74, 6) is 0. The second-order valence-corrected chi connectivity index (χ2v) is 6.18. The third-order valence-electron chi connectivity index (χ3n) is 3.10. The van der Waals surface area contributed by atoms with Crippen molar-refractivity contribution in [2.45, 2.75) is 64.1 Å². The molecule has 6 heteroatoms. The van der Waals surface area contributed by atoms with Gasteiger partial charge in [-0.25, -0.2) is 9.59 Å². The van der Waals surface area contributed by atoms with Gasteiger partial charge in [-0.2, -0.15) is 0 Å². The maximum Gasteiger partial charge on any atom is 0.407 e. The number of rotatable bonds is 4. The van der Waals surface area contributed by atoms with E-state index in [2.05, 4.69) is 17.2 Å². The lowest BCUT2D eigenvalue weighted by Crippen LogP contribution is -2.54. The second kappa shape index (κ2) is 7.90. The van der Waals surface area contributed by atoms with Crippen LogP contribution in [0.1, 0.15) is 46.5 Å². The van der Waals surface area contributed by atoms with E-state index < -0.39 is 17.8 Å². The smallest absolute Gasteiger partial charge is 0.407 e. The summed E-state index contributed by atoms with van der Waals surface area (Å²) in [6, 6.07) is -0.270. The van der Waals surface area contributed by atoms with E-state index in [1.807, 2.05) is 20.8 Å². The van der Waals surface area contributed by atoms with Crippen LogP contribution in [0.15, 0.2) is 12.7 Å². The topological polar surface area (TPSA) is 76.7 Å². The molecule has 1 aliphatic rings. The highest BCUT2D eigenvalue weighted by atomic mass is 16.6. The fourth-order valence-corrected chi connectivity index (χ4v) is 2.26. The Bertz CT molecular complexity index is 376. The zero-order valence-corrected chi connectivity index (χ0v) is 13.1. The summed E-state index contributed by atoms with van der Waals surface area (Å²) < 4.78 is 10.2. The van der Waals surface area contributed by atoms with Crippen LogP contribution in [0.5, 0.6) is 0 Å². The van der Waals surface area contributed by atoms with Crippen molar-refractivity contribution in [2.75, 3.05) is 6.61 Å². The molecule has 0 heterocycles. The molecule has 0 radical (unpaired) electrons. The Morgan fingerprint density at radius 2 is 1.67 bits per heavy atom. The SMILES string of the molecule is C=CCOC(=O)N[C@@H]1CCCC[C@@H]1NC(=O)OC(C)(C)C. The van der Waals surface area contributed by atoms with Crippen LogP contribution in [0.4, 0.5) is 9.59 Å². The Kier molecular flexibility index (Phi) is 6.52. The standard InChI is InChI=1S/C15H26N2O4/c1-5-10-20-13(18)16-11-8-6-7-9-12(11)17-14(19)21-15(2,3)4/h5,11-12H,1,6-10H2,2-4H3,(H,16,18)(H,17,19)/t11-,12+/m1/s1. The Morgan fingerprint density at radius 3 is 2.14 bits per heavy atom. The largest absolute Gasteiger partial charge is 0.445 e. The number of alkyl carbamates (subject to hydrolysis) is 2. The summed E-state index contributed by atoms with van der Waals surface area (Å²) in [5.41, 5.74) is -0.537. The number of hydrogen-bond acceptors (Lipinski definition) is 4. The maximum atomic E-state index is 11.8. The van der Waals surface area contributed by atoms with Crippen LogP contribution >= 0.6 is 0 Å². The van der Waals surface area contributed by atoms with E-state index in [4.69, 9.17) is 9.47 Å². The molecule has 0 spiro atoms. The van der Waals surface area contributed by atoms with E-state index in [0.717, 1.165) is 25.7 Å². The van der Waals surface area contributed by atoms with E-state index in [9.17, 15) is 9.59 Å². The molecule has 2 amide bonds. The normalized spacial score (nSPS) is 22.0. The monoisotopic (exact) mass is 298 g/mol. The number of ether oxygens (including phenoxy) is 2. The second-order valence-electron chi connectivity index (χ2n) is 6.18. The number of amides is 2. The molecule has 1 rings (SSSR count). The Hall–Kier alpha value is -1.72. The number of carbonyl (C=O) groups is 2. The average molecular weight is 298 g/mol. The molecule has 120 valence electrons. The highest BCUT2D eigenvalue weighted by Crippen LogP contribution is 2.19. The van der Waals surface area contributed by atoms with Crippen LogP contribution in [-0.2, 0) is 9.47 Å². The highest BCUT2D eigenvalue weighted by Gasteiger charge is 2.29. The van der Waals surface area contributed by atoms with Gasteiger partial charge in [0.15, 0.2) is 0 Å². The van der Waals surface area contributed by atoms with Crippen molar-refractivity contribution < 1.29 is 19.1 Å². The number of hydrogen-bond donors (Lipinski definition) is 2. The van der Waals surface area contributed by atoms with Gasteiger partial charge in [-0.15, -0.1) is 0 Å². The number of nitrogens with one attached hydrogen (secondary N) is 2. The van der Waals surface area contributed by atoms with Gasteiger partial charge in [-0.1, -0.05) is 25.5 Å². The summed E-state index contributed by atoms with van der Waals surface area (Å²) in [4.78, 5) is 23.4. The molecular weight excluding hydrogens is 272 g/mol. The van der Waals surface area contributed by atoms with Crippen molar-refractivity contribution in [3.05, 3.63) is 12.7 Å². The molecule has 2 N–H and O–H groups in total. The van der Waals surface area contributed by atoms with Crippen molar-refractivity contribution in [1.29, 1.82) is 0 Å². The van der Waals surface area contributed by atoms with Crippen molar-refractivity contribution in [3.63, 3.8) is 0 Å². The minimum absolute atomic E-state index is 0.134. The van der Waals surface area contributed by atoms with Crippen LogP contribution in [0.25, 0.3) is 0 Å². The third-order valence-corrected chi connectivity index (χ3v) is 3.10. The van der Waals surface area contributed by atoms with Gasteiger partial charge >= 0.3 is 12.2 Å². The van der Waals surface area contributed by atoms with Crippen LogP contribution < -0.4 is 10.6 Å². The summed E-state index contributed by atoms with van der Waals surface area (Å²) in [7, 11) is 0. The first kappa shape index (κ1) is 17.3. The van der Waals surface area contributed by atoms with Crippen LogP contribution in [0.2, 0.25) is 0 Å². The first-order valence-electron chi connectivity index (χ1n) is 7.35. The molecule has 0 aliphatic heterocycles. The number of carbonyl (C=O) groups excluding carboxylic acids is 2. The van der Waals surface area contributed by atoms with E-state index in [0.29, 0.717) is 0 Å².